The molecule has 0 unspecified atom stereocenters. The molecule has 0 heterocycles. The summed E-state index contributed by atoms with van der Waals surface area (Å²) in [7, 11) is 0. The molecule has 0 amide bonds. The lowest BCUT2D eigenvalue weighted by atomic mass is 10.9. The summed E-state index contributed by atoms with van der Waals surface area (Å²) in [4.78, 5) is 17.7. The predicted octanol–water partition coefficient (Wildman–Crippen LogP) is 0.0808. The second-order valence-electron chi connectivity index (χ2n) is 0.602. The quantitative estimate of drug-likeness (QED) is 0.400. The van der Waals surface area contributed by atoms with Crippen LogP contribution in [0.3, 0.4) is 0 Å². The lowest BCUT2D eigenvalue weighted by Crippen LogP contribution is -1.75. The van der Waals surface area contributed by atoms with Crippen LogP contribution in [0.1, 0.15) is 0 Å². The lowest BCUT2D eigenvalue weighted by molar-refractivity contribution is -0.110. The Kier molecular flexibility index (Phi) is 12.5. The fourth-order valence-corrected chi connectivity index (χ4v) is 0. The van der Waals surface area contributed by atoms with E-state index >= 15 is 0 Å². The zero-order valence-corrected chi connectivity index (χ0v) is 4.63. The third-order valence-electron chi connectivity index (χ3n) is 0.0745. The third-order valence-corrected chi connectivity index (χ3v) is 0.0745. The van der Waals surface area contributed by atoms with Gasteiger partial charge in [0.1, 0.15) is 6.29 Å². The van der Waals surface area contributed by atoms with Crippen LogP contribution in [0.4, 0.5) is 4.79 Å². The van der Waals surface area contributed by atoms with Crippen molar-refractivity contribution in [3.8, 4) is 0 Å². The van der Waals surface area contributed by atoms with Crippen molar-refractivity contribution < 1.29 is 19.8 Å². The molecule has 5 heteroatoms. The molecule has 0 aromatic heterocycles. The highest BCUT2D eigenvalue weighted by molar-refractivity contribution is 6.60. The Morgan fingerprint density at radius 3 is 1.88 bits per heavy atom. The maximum Gasteiger partial charge on any atom is 0.401 e. The van der Waals surface area contributed by atoms with Crippen LogP contribution in [-0.2, 0) is 4.79 Å². The molecule has 48 valence electrons. The van der Waals surface area contributed by atoms with Crippen LogP contribution >= 0.6 is 11.6 Å². The van der Waals surface area contributed by atoms with Crippen LogP contribution in [-0.4, -0.2) is 28.5 Å². The lowest BCUT2D eigenvalue weighted by Gasteiger charge is -1.55. The number of halogens is 1. The van der Waals surface area contributed by atoms with Crippen molar-refractivity contribution in [2.45, 2.75) is 0 Å². The number of carbonyl (C=O) groups is 2. The smallest absolute Gasteiger partial charge is 0.401 e. The first kappa shape index (κ1) is 10.4. The SMILES string of the molecule is O=C(O)Cl.O=CCO. The molecule has 0 aromatic rings. The zero-order valence-electron chi connectivity index (χ0n) is 3.87. The van der Waals surface area contributed by atoms with Gasteiger partial charge < -0.3 is 15.0 Å². The van der Waals surface area contributed by atoms with E-state index in [1.165, 1.54) is 0 Å². The summed E-state index contributed by atoms with van der Waals surface area (Å²) in [6.45, 7) is -0.361. The summed E-state index contributed by atoms with van der Waals surface area (Å²) in [5.41, 5.74) is -1.36. The summed E-state index contributed by atoms with van der Waals surface area (Å²) in [6.07, 6.45) is 0.431. The van der Waals surface area contributed by atoms with Crippen molar-refractivity contribution in [1.29, 1.82) is 0 Å². The number of carbonyl (C=O) groups excluding carboxylic acids is 1. The first-order valence-corrected chi connectivity index (χ1v) is 1.95. The summed E-state index contributed by atoms with van der Waals surface area (Å²) in [5.74, 6) is 0. The van der Waals surface area contributed by atoms with Gasteiger partial charge in [0.2, 0.25) is 0 Å². The molecule has 0 rings (SSSR count). The number of aliphatic hydroxyl groups excluding tert-OH is 1. The molecule has 0 saturated heterocycles. The molecule has 2 N–H and O–H groups in total. The van der Waals surface area contributed by atoms with E-state index in [1.807, 2.05) is 0 Å². The van der Waals surface area contributed by atoms with Crippen molar-refractivity contribution >= 4 is 23.3 Å². The van der Waals surface area contributed by atoms with Crippen LogP contribution in [0.15, 0.2) is 0 Å². The number of aldehydes is 1. The number of hydrogen-bond acceptors (Lipinski definition) is 3. The van der Waals surface area contributed by atoms with Gasteiger partial charge in [-0.05, 0) is 0 Å². The molecule has 0 aliphatic carbocycles. The van der Waals surface area contributed by atoms with Crippen LogP contribution in [0.25, 0.3) is 0 Å². The highest BCUT2D eigenvalue weighted by Gasteiger charge is 1.71. The normalized spacial score (nSPS) is 6.25. The molecular formula is C3H5ClO4. The first-order valence-electron chi connectivity index (χ1n) is 1.58. The average Bonchev–Trinajstić information content (AvgIpc) is 1.65. The van der Waals surface area contributed by atoms with Gasteiger partial charge in [0.25, 0.3) is 0 Å². The Labute approximate surface area is 50.7 Å². The molecule has 0 atom stereocenters. The van der Waals surface area contributed by atoms with E-state index < -0.39 is 5.43 Å². The molecule has 8 heavy (non-hydrogen) atoms. The second-order valence-corrected chi connectivity index (χ2v) is 0.926. The number of carboxylic acid groups (broad SMARTS) is 1. The molecule has 0 aliphatic rings. The van der Waals surface area contributed by atoms with Gasteiger partial charge in [0.05, 0.1) is 6.61 Å². The molecule has 0 saturated carbocycles. The summed E-state index contributed by atoms with van der Waals surface area (Å²) in [5, 5.41) is 14.7. The van der Waals surface area contributed by atoms with Gasteiger partial charge in [-0.1, -0.05) is 0 Å². The largest absolute Gasteiger partial charge is 0.469 e. The highest BCUT2D eigenvalue weighted by atomic mass is 35.5. The predicted molar refractivity (Wildman–Crippen MR) is 27.0 cm³/mol. The minimum Gasteiger partial charge on any atom is -0.469 e. The van der Waals surface area contributed by atoms with Crippen molar-refractivity contribution in [1.82, 2.24) is 0 Å². The van der Waals surface area contributed by atoms with Crippen LogP contribution < -0.4 is 0 Å². The Balaban J connectivity index is 0. The Bertz CT molecular complexity index is 67.7. The topological polar surface area (TPSA) is 74.6 Å². The molecule has 4 nitrogen and oxygen atoms in total. The van der Waals surface area contributed by atoms with Gasteiger partial charge in [0.15, 0.2) is 0 Å². The van der Waals surface area contributed by atoms with Gasteiger partial charge in [-0.3, -0.25) is 0 Å². The summed E-state index contributed by atoms with van der Waals surface area (Å²) in [6, 6.07) is 0. The van der Waals surface area contributed by atoms with Gasteiger partial charge in [-0.2, -0.15) is 0 Å². The average molecular weight is 141 g/mol. The monoisotopic (exact) mass is 140 g/mol. The fraction of sp³-hybridized carbons (Fsp3) is 0.333. The third kappa shape index (κ3) is 683. The Morgan fingerprint density at radius 1 is 1.75 bits per heavy atom. The first-order chi connectivity index (χ1) is 3.65. The molecule has 0 spiro atoms. The van der Waals surface area contributed by atoms with Crippen molar-refractivity contribution in [3.63, 3.8) is 0 Å². The number of rotatable bonds is 1. The zero-order chi connectivity index (χ0) is 6.99. The van der Waals surface area contributed by atoms with Gasteiger partial charge in [-0.25, -0.2) is 4.79 Å². The van der Waals surface area contributed by atoms with Crippen molar-refractivity contribution in [2.75, 3.05) is 6.61 Å². The van der Waals surface area contributed by atoms with Gasteiger partial charge >= 0.3 is 5.43 Å². The van der Waals surface area contributed by atoms with E-state index in [0.29, 0.717) is 6.29 Å². The van der Waals surface area contributed by atoms with Crippen molar-refractivity contribution in [2.24, 2.45) is 0 Å². The van der Waals surface area contributed by atoms with Crippen LogP contribution in [0.5, 0.6) is 0 Å². The number of hydrogen-bond donors (Lipinski definition) is 2. The van der Waals surface area contributed by atoms with E-state index in [0.717, 1.165) is 0 Å². The van der Waals surface area contributed by atoms with Gasteiger partial charge in [0, 0.05) is 11.6 Å². The molecule has 0 fully saturated rings. The Morgan fingerprint density at radius 2 is 1.88 bits per heavy atom. The molecule has 0 aromatic carbocycles. The molecule has 0 bridgehead atoms. The molecule has 0 radical (unpaired) electrons. The summed E-state index contributed by atoms with van der Waals surface area (Å²) < 4.78 is 0. The second kappa shape index (κ2) is 9.63. The van der Waals surface area contributed by atoms with E-state index in [4.69, 9.17) is 19.8 Å². The van der Waals surface area contributed by atoms with Crippen LogP contribution in [0, 0.1) is 0 Å². The molecular weight excluding hydrogens is 135 g/mol. The summed E-state index contributed by atoms with van der Waals surface area (Å²) >= 11 is 4.19. The molecule has 0 aliphatic heterocycles. The van der Waals surface area contributed by atoms with E-state index in [2.05, 4.69) is 11.6 Å². The van der Waals surface area contributed by atoms with E-state index in [9.17, 15) is 0 Å². The maximum absolute atomic E-state index is 8.92. The standard InChI is InChI=1S/C2H4O2.CHClO2/c3-1-2-4;2-1(3)4/h1,4H,2H2;(H,3,4). The van der Waals surface area contributed by atoms with Crippen LogP contribution in [0.2, 0.25) is 0 Å². The van der Waals surface area contributed by atoms with Crippen molar-refractivity contribution in [3.05, 3.63) is 0 Å². The minimum atomic E-state index is -1.36. The highest BCUT2D eigenvalue weighted by Crippen LogP contribution is 1.67. The Hall–Kier alpha value is -0.610. The maximum atomic E-state index is 8.92. The van der Waals surface area contributed by atoms with E-state index in [-0.39, 0.29) is 6.61 Å². The van der Waals surface area contributed by atoms with Gasteiger partial charge in [-0.15, -0.1) is 0 Å². The van der Waals surface area contributed by atoms with E-state index in [1.54, 1.807) is 0 Å². The fourth-order valence-electron chi connectivity index (χ4n) is 0. The number of aliphatic hydroxyl groups is 1. The minimum absolute atomic E-state index is 0.361.